The number of methoxy groups -OCH3 is 2. The van der Waals surface area contributed by atoms with Crippen molar-refractivity contribution in [3.8, 4) is 17.2 Å². The van der Waals surface area contributed by atoms with Crippen molar-refractivity contribution in [2.24, 2.45) is 0 Å². The molecule has 0 aromatic heterocycles. The van der Waals surface area contributed by atoms with Gasteiger partial charge in [-0.05, 0) is 24.3 Å². The summed E-state index contributed by atoms with van der Waals surface area (Å²) in [6.45, 7) is 0. The molecule has 0 fully saturated rings. The van der Waals surface area contributed by atoms with Gasteiger partial charge in [0.15, 0.2) is 17.3 Å². The highest BCUT2D eigenvalue weighted by atomic mass is 19.1. The molecular formula is C14H14BF2O4. The predicted octanol–water partition coefficient (Wildman–Crippen LogP) is 2.57. The quantitative estimate of drug-likeness (QED) is 0.881. The third-order valence-electron chi connectivity index (χ3n) is 2.38. The van der Waals surface area contributed by atoms with E-state index in [1.165, 1.54) is 32.4 Å². The van der Waals surface area contributed by atoms with E-state index in [1.54, 1.807) is 24.3 Å². The Hall–Kier alpha value is -2.28. The summed E-state index contributed by atoms with van der Waals surface area (Å²) >= 11 is 0. The maximum atomic E-state index is 13.1. The maximum Gasteiger partial charge on any atom is 0.569 e. The first-order valence-corrected chi connectivity index (χ1v) is 5.87. The standard InChI is InChI=1S/C7H7BFO3.C7H7FO/c1-11-5-3-2-4-6(7(5)9)12-8-10;1-9-7-5-3-2-4-6(7)8/h2-4,10H,1H3;2-5H,1H3. The molecule has 0 atom stereocenters. The van der Waals surface area contributed by atoms with Gasteiger partial charge in [0.05, 0.1) is 14.2 Å². The molecule has 0 unspecified atom stereocenters. The minimum Gasteiger partial charge on any atom is -0.535 e. The van der Waals surface area contributed by atoms with Crippen LogP contribution in [0.1, 0.15) is 0 Å². The van der Waals surface area contributed by atoms with Gasteiger partial charge < -0.3 is 19.2 Å². The fraction of sp³-hybridized carbons (Fsp3) is 0.143. The zero-order chi connectivity index (χ0) is 15.7. The lowest BCUT2D eigenvalue weighted by atomic mass is 10.3. The van der Waals surface area contributed by atoms with E-state index in [1.807, 2.05) is 0 Å². The average Bonchev–Trinajstić information content (AvgIpc) is 2.51. The number of rotatable bonds is 4. The smallest absolute Gasteiger partial charge is 0.535 e. The Balaban J connectivity index is 0.000000219. The van der Waals surface area contributed by atoms with E-state index in [4.69, 9.17) is 5.02 Å². The molecule has 0 heterocycles. The maximum absolute atomic E-state index is 13.1. The van der Waals surface area contributed by atoms with Crippen molar-refractivity contribution >= 4 is 7.69 Å². The van der Waals surface area contributed by atoms with Crippen molar-refractivity contribution in [1.29, 1.82) is 0 Å². The van der Waals surface area contributed by atoms with Gasteiger partial charge in [0.2, 0.25) is 5.82 Å². The van der Waals surface area contributed by atoms with Gasteiger partial charge in [-0.3, -0.25) is 0 Å². The zero-order valence-electron chi connectivity index (χ0n) is 11.5. The lowest BCUT2D eigenvalue weighted by molar-refractivity contribution is 0.370. The topological polar surface area (TPSA) is 47.9 Å². The van der Waals surface area contributed by atoms with Crippen LogP contribution in [0.4, 0.5) is 8.78 Å². The van der Waals surface area contributed by atoms with Gasteiger partial charge in [0, 0.05) is 0 Å². The molecule has 0 bridgehead atoms. The van der Waals surface area contributed by atoms with Gasteiger partial charge in [0.1, 0.15) is 5.75 Å². The highest BCUT2D eigenvalue weighted by Crippen LogP contribution is 2.25. The van der Waals surface area contributed by atoms with Crippen molar-refractivity contribution < 1.29 is 27.9 Å². The van der Waals surface area contributed by atoms with Gasteiger partial charge >= 0.3 is 7.69 Å². The first-order chi connectivity index (χ1) is 10.1. The summed E-state index contributed by atoms with van der Waals surface area (Å²) < 4.78 is 39.3. The van der Waals surface area contributed by atoms with Crippen molar-refractivity contribution in [3.63, 3.8) is 0 Å². The molecule has 0 saturated carbocycles. The van der Waals surface area contributed by atoms with E-state index >= 15 is 0 Å². The summed E-state index contributed by atoms with van der Waals surface area (Å²) in [4.78, 5) is 0. The van der Waals surface area contributed by atoms with Gasteiger partial charge in [-0.25, -0.2) is 4.39 Å². The predicted molar refractivity (Wildman–Crippen MR) is 74.5 cm³/mol. The first kappa shape index (κ1) is 16.8. The Morgan fingerprint density at radius 2 is 1.43 bits per heavy atom. The fourth-order valence-corrected chi connectivity index (χ4v) is 1.41. The number of ether oxygens (including phenoxy) is 2. The van der Waals surface area contributed by atoms with Gasteiger partial charge in [-0.15, -0.1) is 0 Å². The number of benzene rings is 2. The SMILES string of the molecule is COc1cccc(O[B]O)c1F.COc1ccccc1F. The summed E-state index contributed by atoms with van der Waals surface area (Å²) in [6.07, 6.45) is 0. The third kappa shape index (κ3) is 4.96. The zero-order valence-corrected chi connectivity index (χ0v) is 11.5. The van der Waals surface area contributed by atoms with Crippen molar-refractivity contribution in [2.75, 3.05) is 14.2 Å². The largest absolute Gasteiger partial charge is 0.569 e. The summed E-state index contributed by atoms with van der Waals surface area (Å²) in [7, 11) is 3.21. The molecule has 2 rings (SSSR count). The van der Waals surface area contributed by atoms with Gasteiger partial charge in [-0.2, -0.15) is 4.39 Å². The summed E-state index contributed by atoms with van der Waals surface area (Å²) in [5, 5.41) is 8.25. The lowest BCUT2D eigenvalue weighted by Crippen LogP contribution is -2.02. The second-order valence-corrected chi connectivity index (χ2v) is 3.63. The van der Waals surface area contributed by atoms with Gasteiger partial charge in [-0.1, -0.05) is 18.2 Å². The summed E-state index contributed by atoms with van der Waals surface area (Å²) in [6, 6.07) is 10.7. The number of halogens is 2. The summed E-state index contributed by atoms with van der Waals surface area (Å²) in [5.41, 5.74) is 0. The van der Waals surface area contributed by atoms with Crippen molar-refractivity contribution in [3.05, 3.63) is 54.1 Å². The minimum atomic E-state index is -0.634. The Morgan fingerprint density at radius 3 is 1.95 bits per heavy atom. The number of hydrogen-bond donors (Lipinski definition) is 1. The average molecular weight is 295 g/mol. The van der Waals surface area contributed by atoms with Crippen LogP contribution in [-0.2, 0) is 0 Å². The molecule has 2 aromatic rings. The molecule has 4 nitrogen and oxygen atoms in total. The fourth-order valence-electron chi connectivity index (χ4n) is 1.41. The molecule has 0 aliphatic rings. The first-order valence-electron chi connectivity index (χ1n) is 5.87. The highest BCUT2D eigenvalue weighted by Gasteiger charge is 2.08. The Bertz CT molecular complexity index is 566. The lowest BCUT2D eigenvalue weighted by Gasteiger charge is -2.06. The van der Waals surface area contributed by atoms with E-state index in [2.05, 4.69) is 14.1 Å². The van der Waals surface area contributed by atoms with Crippen LogP contribution in [-0.4, -0.2) is 26.9 Å². The van der Waals surface area contributed by atoms with E-state index < -0.39 is 5.82 Å². The van der Waals surface area contributed by atoms with E-state index in [0.29, 0.717) is 7.69 Å². The van der Waals surface area contributed by atoms with E-state index in [0.717, 1.165) is 0 Å². The normalized spacial score (nSPS) is 9.19. The third-order valence-corrected chi connectivity index (χ3v) is 2.38. The molecule has 0 amide bonds. The molecule has 21 heavy (non-hydrogen) atoms. The Labute approximate surface area is 122 Å². The molecule has 2 aromatic carbocycles. The molecule has 0 saturated heterocycles. The van der Waals surface area contributed by atoms with Crippen LogP contribution in [0.15, 0.2) is 42.5 Å². The molecule has 1 radical (unpaired) electrons. The molecule has 0 spiro atoms. The second-order valence-electron chi connectivity index (χ2n) is 3.63. The monoisotopic (exact) mass is 295 g/mol. The molecule has 1 N–H and O–H groups in total. The molecule has 0 aliphatic heterocycles. The minimum absolute atomic E-state index is 0.0724. The van der Waals surface area contributed by atoms with Crippen molar-refractivity contribution in [2.45, 2.75) is 0 Å². The van der Waals surface area contributed by atoms with Crippen LogP contribution >= 0.6 is 0 Å². The van der Waals surface area contributed by atoms with Crippen molar-refractivity contribution in [1.82, 2.24) is 0 Å². The second kappa shape index (κ2) is 8.81. The number of para-hydroxylation sites is 1. The Morgan fingerprint density at radius 1 is 0.857 bits per heavy atom. The molecular weight excluding hydrogens is 281 g/mol. The Kier molecular flexibility index (Phi) is 7.04. The molecule has 7 heteroatoms. The van der Waals surface area contributed by atoms with Gasteiger partial charge in [0.25, 0.3) is 0 Å². The van der Waals surface area contributed by atoms with Crippen LogP contribution in [0.3, 0.4) is 0 Å². The van der Waals surface area contributed by atoms with E-state index in [-0.39, 0.29) is 23.1 Å². The van der Waals surface area contributed by atoms with Crippen LogP contribution in [0.5, 0.6) is 17.2 Å². The molecule has 0 aliphatic carbocycles. The van der Waals surface area contributed by atoms with Crippen LogP contribution < -0.4 is 14.1 Å². The van der Waals surface area contributed by atoms with Crippen LogP contribution in [0.2, 0.25) is 0 Å². The number of hydrogen-bond acceptors (Lipinski definition) is 4. The highest BCUT2D eigenvalue weighted by molar-refractivity contribution is 6.17. The molecule has 111 valence electrons. The van der Waals surface area contributed by atoms with Crippen LogP contribution in [0, 0.1) is 11.6 Å². The van der Waals surface area contributed by atoms with Crippen LogP contribution in [0.25, 0.3) is 0 Å². The van der Waals surface area contributed by atoms with E-state index in [9.17, 15) is 8.78 Å². The summed E-state index contributed by atoms with van der Waals surface area (Å²) in [5.74, 6) is -0.658.